The Bertz CT molecular complexity index is 388. The van der Waals surface area contributed by atoms with Crippen LogP contribution in [0.4, 0.5) is 0 Å². The monoisotopic (exact) mass is 272 g/mol. The minimum absolute atomic E-state index is 0.225. The van der Waals surface area contributed by atoms with Gasteiger partial charge in [0.15, 0.2) is 0 Å². The molecule has 1 saturated heterocycles. The molecule has 1 aromatic rings. The van der Waals surface area contributed by atoms with E-state index in [0.717, 1.165) is 30.3 Å². The predicted octanol–water partition coefficient (Wildman–Crippen LogP) is 2.15. The summed E-state index contributed by atoms with van der Waals surface area (Å²) in [6.07, 6.45) is 2.43. The third-order valence-corrected chi connectivity index (χ3v) is 4.48. The Kier molecular flexibility index (Phi) is 4.42. The van der Waals surface area contributed by atoms with Crippen molar-refractivity contribution < 1.29 is 4.79 Å². The molecule has 1 N–H and O–H groups in total. The fourth-order valence-electron chi connectivity index (χ4n) is 2.07. The molecule has 2 heterocycles. The second-order valence-corrected chi connectivity index (χ2v) is 6.16. The molecule has 1 aliphatic heterocycles. The molecule has 1 amide bonds. The minimum atomic E-state index is 0.225. The summed E-state index contributed by atoms with van der Waals surface area (Å²) >= 11 is 7.41. The Labute approximate surface area is 111 Å². The van der Waals surface area contributed by atoms with Crippen molar-refractivity contribution in [2.75, 3.05) is 20.1 Å². The molecule has 1 aromatic heterocycles. The van der Waals surface area contributed by atoms with Crippen molar-refractivity contribution in [1.82, 2.24) is 10.2 Å². The standard InChI is InChI=1S/C12H17ClN2OS/c1-15(9-6-7-14-8-9)12(16)5-3-10-2-4-11(13)17-10/h2,4,9,14H,3,5-8H2,1H3. The zero-order valence-electron chi connectivity index (χ0n) is 9.91. The summed E-state index contributed by atoms with van der Waals surface area (Å²) in [7, 11) is 1.90. The Morgan fingerprint density at radius 2 is 2.47 bits per heavy atom. The molecule has 1 unspecified atom stereocenters. The molecule has 0 aromatic carbocycles. The fraction of sp³-hybridized carbons (Fsp3) is 0.583. The number of halogens is 1. The Morgan fingerprint density at radius 3 is 3.06 bits per heavy atom. The molecule has 0 radical (unpaired) electrons. The van der Waals surface area contributed by atoms with Gasteiger partial charge in [-0.25, -0.2) is 0 Å². The van der Waals surface area contributed by atoms with Crippen LogP contribution in [0, 0.1) is 0 Å². The number of likely N-dealkylation sites (N-methyl/N-ethyl adjacent to an activating group) is 1. The highest BCUT2D eigenvalue weighted by Crippen LogP contribution is 2.22. The number of nitrogens with one attached hydrogen (secondary N) is 1. The lowest BCUT2D eigenvalue weighted by Crippen LogP contribution is -2.38. The van der Waals surface area contributed by atoms with E-state index in [1.54, 1.807) is 11.3 Å². The molecule has 0 spiro atoms. The van der Waals surface area contributed by atoms with Crippen molar-refractivity contribution in [2.45, 2.75) is 25.3 Å². The lowest BCUT2D eigenvalue weighted by molar-refractivity contribution is -0.131. The molecule has 0 bridgehead atoms. The number of hydrogen-bond acceptors (Lipinski definition) is 3. The predicted molar refractivity (Wildman–Crippen MR) is 71.7 cm³/mol. The quantitative estimate of drug-likeness (QED) is 0.911. The molecule has 1 fully saturated rings. The van der Waals surface area contributed by atoms with Crippen LogP contribution < -0.4 is 5.32 Å². The Morgan fingerprint density at radius 1 is 1.65 bits per heavy atom. The largest absolute Gasteiger partial charge is 0.341 e. The first-order chi connectivity index (χ1) is 8.16. The van der Waals surface area contributed by atoms with E-state index in [0.29, 0.717) is 12.5 Å². The second kappa shape index (κ2) is 5.85. The molecular weight excluding hydrogens is 256 g/mol. The first-order valence-corrected chi connectivity index (χ1v) is 7.07. The van der Waals surface area contributed by atoms with Gasteiger partial charge in [-0.2, -0.15) is 0 Å². The summed E-state index contributed by atoms with van der Waals surface area (Å²) in [5.74, 6) is 0.225. The maximum absolute atomic E-state index is 12.0. The molecule has 0 aliphatic carbocycles. The van der Waals surface area contributed by atoms with Crippen molar-refractivity contribution in [3.63, 3.8) is 0 Å². The van der Waals surface area contributed by atoms with Gasteiger partial charge in [-0.05, 0) is 31.5 Å². The van der Waals surface area contributed by atoms with Crippen LogP contribution in [0.2, 0.25) is 4.34 Å². The van der Waals surface area contributed by atoms with Gasteiger partial charge in [0, 0.05) is 30.9 Å². The number of thiophene rings is 1. The van der Waals surface area contributed by atoms with Crippen LogP contribution >= 0.6 is 22.9 Å². The van der Waals surface area contributed by atoms with E-state index in [-0.39, 0.29) is 5.91 Å². The molecule has 1 aliphatic rings. The summed E-state index contributed by atoms with van der Waals surface area (Å²) in [5, 5.41) is 3.28. The molecule has 5 heteroatoms. The van der Waals surface area contributed by atoms with Crippen molar-refractivity contribution in [3.8, 4) is 0 Å². The second-order valence-electron chi connectivity index (χ2n) is 4.36. The summed E-state index contributed by atoms with van der Waals surface area (Å²) in [5.41, 5.74) is 0. The van der Waals surface area contributed by atoms with E-state index >= 15 is 0 Å². The summed E-state index contributed by atoms with van der Waals surface area (Å²) in [6.45, 7) is 1.94. The molecule has 17 heavy (non-hydrogen) atoms. The van der Waals surface area contributed by atoms with Crippen LogP contribution in [-0.4, -0.2) is 37.0 Å². The van der Waals surface area contributed by atoms with Gasteiger partial charge in [-0.15, -0.1) is 11.3 Å². The number of nitrogens with zero attached hydrogens (tertiary/aromatic N) is 1. The van der Waals surface area contributed by atoms with E-state index in [1.165, 1.54) is 4.88 Å². The summed E-state index contributed by atoms with van der Waals surface area (Å²) in [4.78, 5) is 15.0. The van der Waals surface area contributed by atoms with Crippen molar-refractivity contribution >= 4 is 28.8 Å². The van der Waals surface area contributed by atoms with Crippen LogP contribution in [0.25, 0.3) is 0 Å². The summed E-state index contributed by atoms with van der Waals surface area (Å²) in [6, 6.07) is 4.25. The molecule has 0 saturated carbocycles. The van der Waals surface area contributed by atoms with Crippen molar-refractivity contribution in [2.24, 2.45) is 0 Å². The zero-order valence-corrected chi connectivity index (χ0v) is 11.5. The van der Waals surface area contributed by atoms with Gasteiger partial charge in [0.1, 0.15) is 0 Å². The smallest absolute Gasteiger partial charge is 0.222 e. The SMILES string of the molecule is CN(C(=O)CCc1ccc(Cl)s1)C1CCNC1. The summed E-state index contributed by atoms with van der Waals surface area (Å²) < 4.78 is 0.792. The fourth-order valence-corrected chi connectivity index (χ4v) is 3.15. The van der Waals surface area contributed by atoms with E-state index in [1.807, 2.05) is 24.1 Å². The van der Waals surface area contributed by atoms with Crippen LogP contribution in [0.3, 0.4) is 0 Å². The van der Waals surface area contributed by atoms with Crippen LogP contribution in [0.15, 0.2) is 12.1 Å². The Balaban J connectivity index is 1.80. The van der Waals surface area contributed by atoms with Crippen LogP contribution in [-0.2, 0) is 11.2 Å². The van der Waals surface area contributed by atoms with Crippen molar-refractivity contribution in [3.05, 3.63) is 21.3 Å². The third-order valence-electron chi connectivity index (χ3n) is 3.19. The van der Waals surface area contributed by atoms with Gasteiger partial charge in [-0.1, -0.05) is 11.6 Å². The van der Waals surface area contributed by atoms with E-state index in [4.69, 9.17) is 11.6 Å². The number of aryl methyl sites for hydroxylation is 1. The number of hydrogen-bond donors (Lipinski definition) is 1. The number of amides is 1. The molecule has 1 atom stereocenters. The highest BCUT2D eigenvalue weighted by atomic mass is 35.5. The normalized spacial score (nSPS) is 19.5. The number of carbonyl (C=O) groups excluding carboxylic acids is 1. The van der Waals surface area contributed by atoms with E-state index < -0.39 is 0 Å². The van der Waals surface area contributed by atoms with E-state index in [9.17, 15) is 4.79 Å². The molecule has 94 valence electrons. The van der Waals surface area contributed by atoms with Crippen LogP contribution in [0.1, 0.15) is 17.7 Å². The average Bonchev–Trinajstić information content (AvgIpc) is 2.95. The maximum Gasteiger partial charge on any atom is 0.222 e. The van der Waals surface area contributed by atoms with Gasteiger partial charge < -0.3 is 10.2 Å². The first-order valence-electron chi connectivity index (χ1n) is 5.87. The topological polar surface area (TPSA) is 32.3 Å². The third kappa shape index (κ3) is 3.44. The van der Waals surface area contributed by atoms with E-state index in [2.05, 4.69) is 5.32 Å². The zero-order chi connectivity index (χ0) is 12.3. The number of rotatable bonds is 4. The Hall–Kier alpha value is -0.580. The number of carbonyl (C=O) groups is 1. The minimum Gasteiger partial charge on any atom is -0.341 e. The molecule has 2 rings (SSSR count). The molecule has 3 nitrogen and oxygen atoms in total. The highest BCUT2D eigenvalue weighted by molar-refractivity contribution is 7.16. The average molecular weight is 273 g/mol. The van der Waals surface area contributed by atoms with Gasteiger partial charge in [0.25, 0.3) is 0 Å². The lowest BCUT2D eigenvalue weighted by Gasteiger charge is -2.23. The van der Waals surface area contributed by atoms with Gasteiger partial charge in [0.05, 0.1) is 4.34 Å². The van der Waals surface area contributed by atoms with Gasteiger partial charge in [-0.3, -0.25) is 4.79 Å². The van der Waals surface area contributed by atoms with Crippen molar-refractivity contribution in [1.29, 1.82) is 0 Å². The van der Waals surface area contributed by atoms with Gasteiger partial charge in [0.2, 0.25) is 5.91 Å². The maximum atomic E-state index is 12.0. The van der Waals surface area contributed by atoms with Gasteiger partial charge >= 0.3 is 0 Å². The molecular formula is C12H17ClN2OS. The lowest BCUT2D eigenvalue weighted by atomic mass is 10.2. The van der Waals surface area contributed by atoms with Crippen LogP contribution in [0.5, 0.6) is 0 Å². The first kappa shape index (κ1) is 12.9. The highest BCUT2D eigenvalue weighted by Gasteiger charge is 2.22.